The Labute approximate surface area is 131 Å². The van der Waals surface area contributed by atoms with E-state index < -0.39 is 0 Å². The van der Waals surface area contributed by atoms with Gasteiger partial charge in [-0.1, -0.05) is 31.4 Å². The zero-order chi connectivity index (χ0) is 15.3. The monoisotopic (exact) mass is 353 g/mol. The molecule has 1 rings (SSSR count). The Bertz CT molecular complexity index is 612. The molecule has 1 aromatic rings. The van der Waals surface area contributed by atoms with E-state index in [-0.39, 0.29) is 11.4 Å². The van der Waals surface area contributed by atoms with Crippen LogP contribution in [0.1, 0.15) is 15.9 Å². The zero-order valence-corrected chi connectivity index (χ0v) is 13.8. The largest absolute Gasteiger partial charge is 0.515 e. The average Bonchev–Trinajstić information content (AvgIpc) is 2.73. The molecular weight excluding hydrogens is 338 g/mol. The molecule has 106 valence electrons. The van der Waals surface area contributed by atoms with Gasteiger partial charge in [0, 0.05) is 7.05 Å². The van der Waals surface area contributed by atoms with Crippen LogP contribution in [-0.2, 0) is 0 Å². The van der Waals surface area contributed by atoms with Gasteiger partial charge in [-0.2, -0.15) is 0 Å². The van der Waals surface area contributed by atoms with E-state index in [1.807, 2.05) is 6.92 Å². The van der Waals surface area contributed by atoms with Crippen molar-refractivity contribution in [1.29, 1.82) is 0 Å². The van der Waals surface area contributed by atoms with Crippen LogP contribution in [0.5, 0.6) is 0 Å². The highest BCUT2D eigenvalue weighted by molar-refractivity contribution is 9.11. The molecule has 0 saturated heterocycles. The Morgan fingerprint density at radius 1 is 1.45 bits per heavy atom. The van der Waals surface area contributed by atoms with E-state index in [9.17, 15) is 9.90 Å². The molecule has 0 aliphatic rings. The van der Waals surface area contributed by atoms with Gasteiger partial charge < -0.3 is 10.4 Å². The zero-order valence-electron chi connectivity index (χ0n) is 11.4. The molecule has 0 radical (unpaired) electrons. The van der Waals surface area contributed by atoms with Crippen molar-refractivity contribution in [1.82, 2.24) is 0 Å². The molecule has 20 heavy (non-hydrogen) atoms. The first-order valence-electron chi connectivity index (χ1n) is 5.83. The molecule has 0 bridgehead atoms. The van der Waals surface area contributed by atoms with Crippen molar-refractivity contribution in [3.05, 3.63) is 63.7 Å². The maximum atomic E-state index is 12.7. The van der Waals surface area contributed by atoms with Crippen molar-refractivity contribution < 1.29 is 9.90 Å². The molecule has 5 heteroatoms. The van der Waals surface area contributed by atoms with Crippen LogP contribution >= 0.6 is 27.3 Å². The van der Waals surface area contributed by atoms with Gasteiger partial charge in [0.1, 0.15) is 5.00 Å². The summed E-state index contributed by atoms with van der Waals surface area (Å²) in [5, 5.41) is 13.2. The molecule has 0 aromatic carbocycles. The van der Waals surface area contributed by atoms with Crippen LogP contribution in [0.25, 0.3) is 0 Å². The average molecular weight is 354 g/mol. The third-order valence-electron chi connectivity index (χ3n) is 2.74. The number of aliphatic hydroxyl groups is 1. The molecule has 1 heterocycles. The minimum atomic E-state index is -0.260. The third-order valence-corrected chi connectivity index (χ3v) is 4.92. The first-order chi connectivity index (χ1) is 9.51. The summed E-state index contributed by atoms with van der Waals surface area (Å²) in [6.45, 7) is 9.10. The van der Waals surface area contributed by atoms with Gasteiger partial charge >= 0.3 is 0 Å². The number of nitrogens with one attached hydrogen (secondary N) is 1. The number of allylic oxidation sites excluding steroid dienone is 5. The van der Waals surface area contributed by atoms with E-state index in [0.29, 0.717) is 11.1 Å². The lowest BCUT2D eigenvalue weighted by molar-refractivity contribution is 0.103. The van der Waals surface area contributed by atoms with Crippen LogP contribution in [-0.4, -0.2) is 17.9 Å². The molecule has 0 atom stereocenters. The maximum Gasteiger partial charge on any atom is 0.199 e. The van der Waals surface area contributed by atoms with Gasteiger partial charge in [-0.3, -0.25) is 4.79 Å². The van der Waals surface area contributed by atoms with Gasteiger partial charge in [0.05, 0.1) is 21.2 Å². The van der Waals surface area contributed by atoms with E-state index in [2.05, 4.69) is 34.4 Å². The van der Waals surface area contributed by atoms with E-state index >= 15 is 0 Å². The van der Waals surface area contributed by atoms with Crippen LogP contribution in [0.3, 0.4) is 0 Å². The first-order valence-corrected chi connectivity index (χ1v) is 7.43. The summed E-state index contributed by atoms with van der Waals surface area (Å²) >= 11 is 4.87. The quantitative estimate of drug-likeness (QED) is 0.334. The molecule has 0 spiro atoms. The Morgan fingerprint density at radius 2 is 2.10 bits per heavy atom. The molecule has 0 unspecified atom stereocenters. The van der Waals surface area contributed by atoms with Gasteiger partial charge in [-0.05, 0) is 34.0 Å². The minimum Gasteiger partial charge on any atom is -0.515 e. The lowest BCUT2D eigenvalue weighted by atomic mass is 9.96. The molecule has 0 aliphatic heterocycles. The lowest BCUT2D eigenvalue weighted by Crippen LogP contribution is -2.08. The summed E-state index contributed by atoms with van der Waals surface area (Å²) in [6, 6.07) is 0. The summed E-state index contributed by atoms with van der Waals surface area (Å²) in [5.41, 5.74) is 2.09. The Kier molecular flexibility index (Phi) is 5.98. The predicted octanol–water partition coefficient (Wildman–Crippen LogP) is 4.78. The molecular formula is C15H16BrNO2S. The molecule has 1 aromatic heterocycles. The van der Waals surface area contributed by atoms with Crippen molar-refractivity contribution in [3.63, 3.8) is 0 Å². The number of aliphatic hydroxyl groups excluding tert-OH is 1. The highest BCUT2D eigenvalue weighted by Crippen LogP contribution is 2.38. The highest BCUT2D eigenvalue weighted by Gasteiger charge is 2.23. The molecule has 0 amide bonds. The third kappa shape index (κ3) is 3.11. The number of halogens is 1. The van der Waals surface area contributed by atoms with Crippen LogP contribution in [0, 0.1) is 6.92 Å². The fraction of sp³-hybridized carbons (Fsp3) is 0.133. The van der Waals surface area contributed by atoms with Gasteiger partial charge in [0.15, 0.2) is 5.78 Å². The number of ketones is 1. The van der Waals surface area contributed by atoms with E-state index in [0.717, 1.165) is 20.6 Å². The molecule has 2 N–H and O–H groups in total. The SMILES string of the molecule is C=C/C=C(C=C)/C(=C\O)C(=O)c1c(NC)sc(Br)c1C. The number of carbonyl (C=O) groups is 1. The van der Waals surface area contributed by atoms with Crippen molar-refractivity contribution in [2.75, 3.05) is 12.4 Å². The predicted molar refractivity (Wildman–Crippen MR) is 89.8 cm³/mol. The highest BCUT2D eigenvalue weighted by atomic mass is 79.9. The number of carbonyl (C=O) groups excluding carboxylic acids is 1. The number of thiophene rings is 1. The first kappa shape index (κ1) is 16.5. The molecule has 0 fully saturated rings. The number of hydrogen-bond donors (Lipinski definition) is 2. The minimum absolute atomic E-state index is 0.185. The van der Waals surface area contributed by atoms with E-state index in [4.69, 9.17) is 0 Å². The standard InChI is InChI=1S/C15H16BrNO2S/c1-5-7-10(6-2)11(8-18)13(19)12-9(3)14(16)20-15(12)17-4/h5-8,17-18H,1-2H2,3-4H3/b10-7+,11-8+. The van der Waals surface area contributed by atoms with E-state index in [1.54, 1.807) is 19.2 Å². The van der Waals surface area contributed by atoms with Crippen molar-refractivity contribution in [2.45, 2.75) is 6.92 Å². The normalized spacial score (nSPS) is 12.2. The number of anilines is 1. The summed E-state index contributed by atoms with van der Waals surface area (Å²) in [6.07, 6.45) is 5.49. The summed E-state index contributed by atoms with van der Waals surface area (Å²) < 4.78 is 0.885. The smallest absolute Gasteiger partial charge is 0.199 e. The maximum absolute atomic E-state index is 12.7. The molecule has 3 nitrogen and oxygen atoms in total. The van der Waals surface area contributed by atoms with Crippen LogP contribution in [0.15, 0.2) is 52.6 Å². The Morgan fingerprint density at radius 3 is 2.55 bits per heavy atom. The van der Waals surface area contributed by atoms with Crippen molar-refractivity contribution >= 4 is 38.1 Å². The van der Waals surface area contributed by atoms with Crippen LogP contribution in [0.4, 0.5) is 5.00 Å². The van der Waals surface area contributed by atoms with Gasteiger partial charge in [0.2, 0.25) is 0 Å². The summed E-state index contributed by atoms with van der Waals surface area (Å²) in [7, 11) is 1.75. The van der Waals surface area contributed by atoms with Crippen LogP contribution in [0.2, 0.25) is 0 Å². The molecule has 0 aliphatic carbocycles. The second kappa shape index (κ2) is 7.26. The van der Waals surface area contributed by atoms with Crippen LogP contribution < -0.4 is 5.32 Å². The number of rotatable bonds is 6. The van der Waals surface area contributed by atoms with Gasteiger partial charge in [-0.15, -0.1) is 11.3 Å². The fourth-order valence-corrected chi connectivity index (χ4v) is 3.30. The summed E-state index contributed by atoms with van der Waals surface area (Å²) in [5.74, 6) is -0.260. The second-order valence-corrected chi connectivity index (χ2v) is 6.23. The van der Waals surface area contributed by atoms with Crippen molar-refractivity contribution in [2.24, 2.45) is 0 Å². The van der Waals surface area contributed by atoms with Gasteiger partial charge in [-0.25, -0.2) is 0 Å². The lowest BCUT2D eigenvalue weighted by Gasteiger charge is -2.08. The fourth-order valence-electron chi connectivity index (χ4n) is 1.73. The second-order valence-electron chi connectivity index (χ2n) is 3.89. The van der Waals surface area contributed by atoms with Gasteiger partial charge in [0.25, 0.3) is 0 Å². The number of hydrogen-bond acceptors (Lipinski definition) is 4. The molecule has 0 saturated carbocycles. The van der Waals surface area contributed by atoms with Crippen molar-refractivity contribution in [3.8, 4) is 0 Å². The Balaban J connectivity index is 3.40. The Hall–Kier alpha value is -1.59. The topological polar surface area (TPSA) is 49.3 Å². The summed E-state index contributed by atoms with van der Waals surface area (Å²) in [4.78, 5) is 12.7. The number of Topliss-reactive ketones (excluding diaryl/α,β-unsaturated/α-hetero) is 1. The van der Waals surface area contributed by atoms with E-state index in [1.165, 1.54) is 17.4 Å².